The Hall–Kier alpha value is -4.10. The maximum absolute atomic E-state index is 13.2. The molecule has 0 aromatic rings. The summed E-state index contributed by atoms with van der Waals surface area (Å²) < 4.78 is 28.4. The van der Waals surface area contributed by atoms with Crippen LogP contribution in [0, 0.1) is 0 Å². The van der Waals surface area contributed by atoms with E-state index in [0.29, 0.717) is 25.7 Å². The number of esters is 3. The normalized spacial score (nSPS) is 18.6. The van der Waals surface area contributed by atoms with E-state index in [0.717, 1.165) is 89.9 Å². The molecule has 1 rings (SSSR count). The molecule has 3 N–H and O–H groups in total. The van der Waals surface area contributed by atoms with Gasteiger partial charge < -0.3 is 39.0 Å². The lowest BCUT2D eigenvalue weighted by Crippen LogP contribution is -2.61. The van der Waals surface area contributed by atoms with Crippen LogP contribution in [0.3, 0.4) is 0 Å². The van der Waals surface area contributed by atoms with Crippen molar-refractivity contribution in [3.05, 3.63) is 85.1 Å². The average Bonchev–Trinajstić information content (AvgIpc) is 3.42. The predicted octanol–water partition coefficient (Wildman–Crippen LogP) is 15.9. The second kappa shape index (κ2) is 52.6. The molecule has 0 amide bonds. The van der Waals surface area contributed by atoms with Gasteiger partial charge in [0.05, 0.1) is 6.61 Å². The summed E-state index contributed by atoms with van der Waals surface area (Å²) in [7, 11) is 0. The molecule has 12 nitrogen and oxygen atoms in total. The number of ether oxygens (including phenoxy) is 5. The Kier molecular flexibility index (Phi) is 48.4. The molecule has 12 heteroatoms. The van der Waals surface area contributed by atoms with E-state index in [9.17, 15) is 34.5 Å². The highest BCUT2D eigenvalue weighted by Crippen LogP contribution is 2.26. The van der Waals surface area contributed by atoms with E-state index < -0.39 is 67.3 Å². The van der Waals surface area contributed by atoms with Crippen LogP contribution in [-0.2, 0) is 42.9 Å². The van der Waals surface area contributed by atoms with Crippen LogP contribution in [0.1, 0.15) is 252 Å². The molecule has 440 valence electrons. The van der Waals surface area contributed by atoms with E-state index in [1.54, 1.807) is 0 Å². The summed E-state index contributed by atoms with van der Waals surface area (Å²) in [6.45, 7) is 5.81. The highest BCUT2D eigenvalue weighted by Gasteiger charge is 2.50. The minimum Gasteiger partial charge on any atom is -0.479 e. The lowest BCUT2D eigenvalue weighted by atomic mass is 9.98. The first kappa shape index (κ1) is 70.9. The van der Waals surface area contributed by atoms with E-state index >= 15 is 0 Å². The summed E-state index contributed by atoms with van der Waals surface area (Å²) in [5.41, 5.74) is 0. The number of aliphatic hydroxyl groups is 2. The number of allylic oxidation sites excluding steroid dienone is 14. The van der Waals surface area contributed by atoms with Crippen LogP contribution in [0.15, 0.2) is 85.1 Å². The predicted molar refractivity (Wildman–Crippen MR) is 312 cm³/mol. The van der Waals surface area contributed by atoms with Crippen LogP contribution in [0.5, 0.6) is 0 Å². The third kappa shape index (κ3) is 42.5. The van der Waals surface area contributed by atoms with Gasteiger partial charge in [0.1, 0.15) is 18.8 Å². The van der Waals surface area contributed by atoms with Crippen LogP contribution >= 0.6 is 0 Å². The second-order valence-corrected chi connectivity index (χ2v) is 20.6. The van der Waals surface area contributed by atoms with Gasteiger partial charge in [0.2, 0.25) is 0 Å². The monoisotopic (exact) mass is 1080 g/mol. The fraction of sp³-hybridized carbons (Fsp3) is 0.723. The number of carboxylic acid groups (broad SMARTS) is 1. The fourth-order valence-corrected chi connectivity index (χ4v) is 8.76. The topological polar surface area (TPSA) is 175 Å². The van der Waals surface area contributed by atoms with Crippen LogP contribution < -0.4 is 0 Å². The fourth-order valence-electron chi connectivity index (χ4n) is 8.76. The van der Waals surface area contributed by atoms with Crippen molar-refractivity contribution in [2.75, 3.05) is 13.2 Å². The quantitative estimate of drug-likeness (QED) is 0.0228. The summed E-state index contributed by atoms with van der Waals surface area (Å²) in [6.07, 6.45) is 55.6. The molecule has 0 spiro atoms. The molecule has 0 aromatic heterocycles. The highest BCUT2D eigenvalue weighted by atomic mass is 16.7. The van der Waals surface area contributed by atoms with Gasteiger partial charge in [-0.25, -0.2) is 4.79 Å². The Labute approximate surface area is 467 Å². The molecule has 6 unspecified atom stereocenters. The summed E-state index contributed by atoms with van der Waals surface area (Å²) in [5, 5.41) is 31.5. The molecule has 1 heterocycles. The number of carboxylic acids is 1. The number of carbonyl (C=O) groups excluding carboxylic acids is 3. The molecule has 1 aliphatic rings. The smallest absolute Gasteiger partial charge is 0.335 e. The Bertz CT molecular complexity index is 1660. The van der Waals surface area contributed by atoms with Gasteiger partial charge >= 0.3 is 23.9 Å². The summed E-state index contributed by atoms with van der Waals surface area (Å²) >= 11 is 0. The van der Waals surface area contributed by atoms with Crippen LogP contribution in [0.2, 0.25) is 0 Å². The lowest BCUT2D eigenvalue weighted by molar-refractivity contribution is -0.301. The third-order valence-corrected chi connectivity index (χ3v) is 13.4. The number of rotatable bonds is 51. The van der Waals surface area contributed by atoms with Crippen molar-refractivity contribution in [3.63, 3.8) is 0 Å². The van der Waals surface area contributed by atoms with Gasteiger partial charge in [-0.15, -0.1) is 0 Å². The molecular weight excluding hydrogens is 973 g/mol. The largest absolute Gasteiger partial charge is 0.479 e. The number of aliphatic hydroxyl groups excluding tert-OH is 2. The Morgan fingerprint density at radius 2 is 0.844 bits per heavy atom. The maximum Gasteiger partial charge on any atom is 0.335 e. The second-order valence-electron chi connectivity index (χ2n) is 20.6. The van der Waals surface area contributed by atoms with Crippen molar-refractivity contribution < 1.29 is 58.2 Å². The average molecular weight is 1080 g/mol. The first-order valence-electron chi connectivity index (χ1n) is 30.6. The Morgan fingerprint density at radius 3 is 1.34 bits per heavy atom. The van der Waals surface area contributed by atoms with Gasteiger partial charge in [-0.1, -0.05) is 215 Å². The number of carbonyl (C=O) groups is 4. The van der Waals surface area contributed by atoms with Crippen molar-refractivity contribution in [1.82, 2.24) is 0 Å². The van der Waals surface area contributed by atoms with Gasteiger partial charge in [-0.3, -0.25) is 14.4 Å². The van der Waals surface area contributed by atoms with Gasteiger partial charge in [-0.05, 0) is 103 Å². The maximum atomic E-state index is 13.2. The molecule has 1 aliphatic heterocycles. The van der Waals surface area contributed by atoms with Crippen molar-refractivity contribution in [1.29, 1.82) is 0 Å². The minimum absolute atomic E-state index is 0.0641. The van der Waals surface area contributed by atoms with E-state index in [2.05, 4.69) is 87.6 Å². The minimum atomic E-state index is -1.93. The third-order valence-electron chi connectivity index (χ3n) is 13.4. The first-order valence-corrected chi connectivity index (χ1v) is 30.6. The SMILES string of the molecule is CC/C=C\C/C=C\C/C=C\C/C=C\CCC(=O)OC1C(OCC(COC(=O)CCCCCCCCC/C=C\C/C=C\CCCCC)OC(=O)CCCCCCCCC/C=C\CCCCCCCC)OC(C(=O)O)C(O)C1O. The molecule has 0 aliphatic carbocycles. The molecule has 0 bridgehead atoms. The van der Waals surface area contributed by atoms with Crippen molar-refractivity contribution in [3.8, 4) is 0 Å². The van der Waals surface area contributed by atoms with E-state index in [1.807, 2.05) is 18.2 Å². The number of unbranched alkanes of at least 4 members (excludes halogenated alkanes) is 23. The van der Waals surface area contributed by atoms with Crippen molar-refractivity contribution in [2.24, 2.45) is 0 Å². The van der Waals surface area contributed by atoms with Gasteiger partial charge in [0.25, 0.3) is 0 Å². The zero-order chi connectivity index (χ0) is 56.1. The van der Waals surface area contributed by atoms with E-state index in [-0.39, 0.29) is 25.9 Å². The standard InChI is InChI=1S/C65H108O12/c1-4-7-10-13-16-19-22-25-27-29-31-34-36-39-42-45-48-51-57(66)73-54-56(75-58(67)52-49-46-43-40-38-35-32-30-28-26-23-20-17-14-11-8-5-2)55-74-65-63(61(70)60(69)62(77-65)64(71)72)76-59(68)53-50-47-44-41-37-33-24-21-18-15-12-9-6-3/h9,12,16,18-19,21,25-28,33,37,44,47,56,60-63,65,69-70H,4-8,10-11,13-15,17,20,22-24,29-32,34-36,38-43,45-46,48-55H2,1-3H3,(H,71,72)/b12-9-,19-16-,21-18-,27-25-,28-26-,37-33-,47-44-. The lowest BCUT2D eigenvalue weighted by Gasteiger charge is -2.40. The molecule has 1 saturated heterocycles. The van der Waals surface area contributed by atoms with Crippen LogP contribution in [0.25, 0.3) is 0 Å². The molecule has 6 atom stereocenters. The number of hydrogen-bond acceptors (Lipinski definition) is 11. The van der Waals surface area contributed by atoms with Crippen LogP contribution in [0.4, 0.5) is 0 Å². The van der Waals surface area contributed by atoms with Crippen molar-refractivity contribution in [2.45, 2.75) is 289 Å². The number of aliphatic carboxylic acids is 1. The summed E-state index contributed by atoms with van der Waals surface area (Å²) in [6, 6.07) is 0. The molecule has 77 heavy (non-hydrogen) atoms. The molecule has 0 radical (unpaired) electrons. The molecular formula is C65H108O12. The van der Waals surface area contributed by atoms with Gasteiger partial charge in [0.15, 0.2) is 24.6 Å². The van der Waals surface area contributed by atoms with E-state index in [1.165, 1.54) is 96.3 Å². The van der Waals surface area contributed by atoms with E-state index in [4.69, 9.17) is 23.7 Å². The zero-order valence-electron chi connectivity index (χ0n) is 48.4. The molecule has 0 saturated carbocycles. The van der Waals surface area contributed by atoms with Crippen molar-refractivity contribution >= 4 is 23.9 Å². The Morgan fingerprint density at radius 1 is 0.442 bits per heavy atom. The molecule has 1 fully saturated rings. The Balaban J connectivity index is 2.72. The van der Waals surface area contributed by atoms with Gasteiger partial charge in [-0.2, -0.15) is 0 Å². The summed E-state index contributed by atoms with van der Waals surface area (Å²) in [4.78, 5) is 51.1. The first-order chi connectivity index (χ1) is 37.6. The molecule has 0 aromatic carbocycles. The summed E-state index contributed by atoms with van der Waals surface area (Å²) in [5.74, 6) is -3.24. The van der Waals surface area contributed by atoms with Gasteiger partial charge in [0, 0.05) is 19.3 Å². The highest BCUT2D eigenvalue weighted by molar-refractivity contribution is 5.74. The number of hydrogen-bond donors (Lipinski definition) is 3. The zero-order valence-corrected chi connectivity index (χ0v) is 48.4. The van der Waals surface area contributed by atoms with Crippen LogP contribution in [-0.4, -0.2) is 89.2 Å².